The Kier molecular flexibility index (Phi) is 23.6. The summed E-state index contributed by atoms with van der Waals surface area (Å²) in [6.45, 7) is 0.972. The molecule has 0 amide bonds. The van der Waals surface area contributed by atoms with E-state index < -0.39 is 5.97 Å². The van der Waals surface area contributed by atoms with Gasteiger partial charge in [0.05, 0.1) is 0 Å². The first-order valence-electron chi connectivity index (χ1n) is 3.88. The maximum absolute atomic E-state index is 8.89. The maximum atomic E-state index is 8.89. The molecule has 1 aromatic carbocycles. The first-order valence-corrected chi connectivity index (χ1v) is 12.1. The number of hydrogen-bond acceptors (Lipinski definition) is 2. The Bertz CT molecular complexity index is 213. The van der Waals surface area contributed by atoms with E-state index in [1.165, 1.54) is 3.07 Å². The molecule has 0 fully saturated rings. The number of carboxylic acids is 1. The minimum absolute atomic E-state index is 0. The number of rotatable bonds is 0. The van der Waals surface area contributed by atoms with E-state index in [4.69, 9.17) is 9.90 Å². The van der Waals surface area contributed by atoms with E-state index in [2.05, 4.69) is 34.8 Å². The van der Waals surface area contributed by atoms with Crippen molar-refractivity contribution in [2.75, 3.05) is 0 Å². The number of aliphatic carboxylic acids is 1. The third-order valence-corrected chi connectivity index (χ3v) is 2.68. The van der Waals surface area contributed by atoms with Gasteiger partial charge in [-0.05, 0) is 6.92 Å². The van der Waals surface area contributed by atoms with Gasteiger partial charge in [-0.3, -0.25) is 0 Å². The third-order valence-electron chi connectivity index (χ3n) is 0.843. The fourth-order valence-electron chi connectivity index (χ4n) is 0.478. The summed E-state index contributed by atoms with van der Waals surface area (Å²) in [5, 5.41) is 8.89. The SMILES string of the molecule is CC(=O)[O-].[CH3][Hg+].[Cl-].[Hg+][c]1ccccc1. The van der Waals surface area contributed by atoms with Crippen molar-refractivity contribution in [1.29, 1.82) is 0 Å². The van der Waals surface area contributed by atoms with E-state index in [0.717, 1.165) is 59.2 Å². The number of carbonyl (C=O) groups is 1. The summed E-state index contributed by atoms with van der Waals surface area (Å²) in [5.41, 5.74) is 0. The molecule has 0 radical (unpaired) electrons. The van der Waals surface area contributed by atoms with Crippen LogP contribution >= 0.6 is 0 Å². The summed E-state index contributed by atoms with van der Waals surface area (Å²) in [4.78, 5) is 8.89. The van der Waals surface area contributed by atoms with Gasteiger partial charge < -0.3 is 22.3 Å². The molecular weight excluding hydrogens is 577 g/mol. The average Bonchev–Trinajstić information content (AvgIpc) is 2.08. The molecule has 0 aliphatic rings. The molecule has 1 rings (SSSR count). The molecule has 0 N–H and O–H groups in total. The first-order chi connectivity index (χ1) is 6.13. The van der Waals surface area contributed by atoms with Crippen LogP contribution in [-0.2, 0) is 57.0 Å². The molecule has 0 aliphatic carbocycles. The van der Waals surface area contributed by atoms with Gasteiger partial charge in [0, 0.05) is 5.97 Å². The van der Waals surface area contributed by atoms with Crippen molar-refractivity contribution in [3.05, 3.63) is 30.3 Å². The molecule has 0 aromatic heterocycles. The quantitative estimate of drug-likeness (QED) is 0.308. The van der Waals surface area contributed by atoms with Crippen LogP contribution in [0.3, 0.4) is 0 Å². The Balaban J connectivity index is -0.000000152. The number of carboxylic acid groups (broad SMARTS) is 1. The molecular formula is C9H11ClHg2O2. The van der Waals surface area contributed by atoms with Crippen molar-refractivity contribution >= 4 is 9.04 Å². The molecule has 0 bridgehead atoms. The summed E-state index contributed by atoms with van der Waals surface area (Å²) in [6, 6.07) is 10.6. The zero-order chi connectivity index (χ0) is 10.7. The van der Waals surface area contributed by atoms with Gasteiger partial charge in [-0.25, -0.2) is 0 Å². The van der Waals surface area contributed by atoms with Gasteiger partial charge in [-0.15, -0.1) is 0 Å². The molecule has 0 saturated carbocycles. The molecule has 0 spiro atoms. The van der Waals surface area contributed by atoms with E-state index in [1.807, 2.05) is 0 Å². The Hall–Kier alpha value is 0.850. The van der Waals surface area contributed by atoms with Crippen LogP contribution in [0.2, 0.25) is 4.43 Å². The predicted octanol–water partition coefficient (Wildman–Crippen LogP) is -2.80. The van der Waals surface area contributed by atoms with Crippen molar-refractivity contribution in [2.45, 2.75) is 11.4 Å². The second kappa shape index (κ2) is 16.3. The molecule has 0 saturated heterocycles. The van der Waals surface area contributed by atoms with E-state index >= 15 is 0 Å². The van der Waals surface area contributed by atoms with E-state index in [-0.39, 0.29) is 12.4 Å². The molecule has 2 nitrogen and oxygen atoms in total. The normalized spacial score (nSPS) is 6.71. The number of halogens is 1. The Morgan fingerprint density at radius 3 is 1.64 bits per heavy atom. The molecule has 1 aromatic rings. The monoisotopic (exact) mass is 590 g/mol. The average molecular weight is 588 g/mol. The molecule has 14 heavy (non-hydrogen) atoms. The summed E-state index contributed by atoms with van der Waals surface area (Å²) < 4.78 is 3.71. The molecule has 70 valence electrons. The van der Waals surface area contributed by atoms with Gasteiger partial charge in [0.15, 0.2) is 0 Å². The molecule has 0 aliphatic heterocycles. The van der Waals surface area contributed by atoms with Crippen molar-refractivity contribution in [3.63, 3.8) is 0 Å². The van der Waals surface area contributed by atoms with Crippen LogP contribution in [0.5, 0.6) is 0 Å². The summed E-state index contributed by atoms with van der Waals surface area (Å²) >= 11 is 1.84. The van der Waals surface area contributed by atoms with Gasteiger partial charge in [0.25, 0.3) is 0 Å². The van der Waals surface area contributed by atoms with Crippen LogP contribution in [0, 0.1) is 0 Å². The van der Waals surface area contributed by atoms with E-state index in [1.54, 1.807) is 0 Å². The number of hydrogen-bond donors (Lipinski definition) is 0. The van der Waals surface area contributed by atoms with Gasteiger partial charge in [0.1, 0.15) is 0 Å². The van der Waals surface area contributed by atoms with Crippen LogP contribution in [0.1, 0.15) is 6.92 Å². The second-order valence-electron chi connectivity index (χ2n) is 1.98. The molecule has 0 heterocycles. The van der Waals surface area contributed by atoms with E-state index in [0.29, 0.717) is 0 Å². The van der Waals surface area contributed by atoms with Crippen molar-refractivity contribution in [3.8, 4) is 0 Å². The fraction of sp³-hybridized carbons (Fsp3) is 0.222. The molecule has 0 unspecified atom stereocenters. The molecule has 5 heteroatoms. The number of carbonyl (C=O) groups excluding carboxylic acids is 1. The topological polar surface area (TPSA) is 40.1 Å². The van der Waals surface area contributed by atoms with E-state index in [9.17, 15) is 0 Å². The molecule has 0 atom stereocenters. The summed E-state index contributed by atoms with van der Waals surface area (Å²) in [6.07, 6.45) is 0. The van der Waals surface area contributed by atoms with Gasteiger partial charge >= 0.3 is 90.1 Å². The minimum atomic E-state index is -1.08. The standard InChI is InChI=1S/C6H5.C2H4O2.CH3.ClH.2Hg/c1-2-4-6-5-3-1;1-2(3)4;;;;/h1-5H;1H3,(H,3,4);1H3;1H;;/q;;;;2*+1/p-2. The predicted molar refractivity (Wildman–Crippen MR) is 42.6 cm³/mol. The van der Waals surface area contributed by atoms with Crippen LogP contribution in [0.15, 0.2) is 30.3 Å². The number of benzene rings is 1. The van der Waals surface area contributed by atoms with Crippen LogP contribution < -0.4 is 20.6 Å². The Labute approximate surface area is 124 Å². The fourth-order valence-corrected chi connectivity index (χ4v) is 1.54. The third kappa shape index (κ3) is 23.0. The summed E-state index contributed by atoms with van der Waals surface area (Å²) in [7, 11) is 0. The summed E-state index contributed by atoms with van der Waals surface area (Å²) in [5.74, 6) is -1.08. The van der Waals surface area contributed by atoms with Gasteiger partial charge in [-0.1, -0.05) is 0 Å². The van der Waals surface area contributed by atoms with Crippen LogP contribution in [0.4, 0.5) is 0 Å². The van der Waals surface area contributed by atoms with Crippen molar-refractivity contribution < 1.29 is 74.6 Å². The second-order valence-corrected chi connectivity index (χ2v) is 5.15. The van der Waals surface area contributed by atoms with Gasteiger partial charge in [0.2, 0.25) is 0 Å². The zero-order valence-electron chi connectivity index (χ0n) is 8.50. The van der Waals surface area contributed by atoms with Crippen LogP contribution in [-0.4, -0.2) is 5.97 Å². The van der Waals surface area contributed by atoms with Crippen molar-refractivity contribution in [2.24, 2.45) is 0 Å². The Morgan fingerprint density at radius 2 is 1.50 bits per heavy atom. The van der Waals surface area contributed by atoms with Crippen molar-refractivity contribution in [1.82, 2.24) is 0 Å². The zero-order valence-corrected chi connectivity index (χ0v) is 20.2. The van der Waals surface area contributed by atoms with Gasteiger partial charge in [-0.2, -0.15) is 0 Å². The Morgan fingerprint density at radius 1 is 1.21 bits per heavy atom. The van der Waals surface area contributed by atoms with Crippen LogP contribution in [0.25, 0.3) is 0 Å². The first kappa shape index (κ1) is 20.3.